The van der Waals surface area contributed by atoms with Crippen LogP contribution in [0.2, 0.25) is 0 Å². The molecular weight excluding hydrogens is 748 g/mol. The van der Waals surface area contributed by atoms with E-state index in [0.29, 0.717) is 49.7 Å². The Morgan fingerprint density at radius 2 is 0.942 bits per heavy atom. The van der Waals surface area contributed by atoms with Crippen LogP contribution >= 0.6 is 7.75 Å². The minimum absolute atomic E-state index is 0.0248. The van der Waals surface area contributed by atoms with Gasteiger partial charge in [-0.2, -0.15) is 39.5 Å². The second-order valence-electron chi connectivity index (χ2n) is 12.8. The van der Waals surface area contributed by atoms with Gasteiger partial charge in [0, 0.05) is 22.3 Å². The zero-order chi connectivity index (χ0) is 37.4. The van der Waals surface area contributed by atoms with Crippen LogP contribution in [0.4, 0.5) is 39.5 Å². The minimum atomic E-state index is -6.42. The Morgan fingerprint density at radius 1 is 0.577 bits per heavy atom. The highest BCUT2D eigenvalue weighted by molar-refractivity contribution is 7.95. The van der Waals surface area contributed by atoms with Crippen molar-refractivity contribution in [2.45, 2.75) is 69.2 Å². The van der Waals surface area contributed by atoms with Crippen LogP contribution in [0.15, 0.2) is 60.7 Å². The predicted octanol–water partition coefficient (Wildman–Crippen LogP) is 10.8. The largest absolute Gasteiger partial charge is 0.526 e. The number of fused-ring (bicyclic) bond motifs is 7. The van der Waals surface area contributed by atoms with E-state index in [1.165, 1.54) is 0 Å². The molecule has 1 aliphatic heterocycles. The molecule has 2 aliphatic carbocycles. The highest BCUT2D eigenvalue weighted by Gasteiger charge is 2.53. The van der Waals surface area contributed by atoms with Crippen molar-refractivity contribution < 1.29 is 61.5 Å². The highest BCUT2D eigenvalue weighted by atomic mass is 32.2. The number of benzene rings is 4. The lowest BCUT2D eigenvalue weighted by atomic mass is 9.77. The summed E-state index contributed by atoms with van der Waals surface area (Å²) in [7, 11) is -12.1. The summed E-state index contributed by atoms with van der Waals surface area (Å²) >= 11 is 0. The molecule has 1 N–H and O–H groups in total. The monoisotopic (exact) mass is 775 g/mol. The number of nitrogens with one attached hydrogen (secondary N) is 1. The van der Waals surface area contributed by atoms with Crippen LogP contribution in [0.1, 0.15) is 59.1 Å². The molecule has 6 nitrogen and oxygen atoms in total. The second-order valence-corrected chi connectivity index (χ2v) is 16.4. The van der Waals surface area contributed by atoms with E-state index in [0.717, 1.165) is 77.0 Å². The van der Waals surface area contributed by atoms with Gasteiger partial charge in [0.05, 0.1) is 11.1 Å². The lowest BCUT2D eigenvalue weighted by Crippen LogP contribution is -2.36. The van der Waals surface area contributed by atoms with Crippen LogP contribution < -0.4 is 13.5 Å². The maximum Gasteiger partial charge on any atom is 0.526 e. The third-order valence-electron chi connectivity index (χ3n) is 9.46. The molecule has 0 atom stereocenters. The average molecular weight is 776 g/mol. The lowest BCUT2D eigenvalue weighted by Gasteiger charge is -2.28. The number of alkyl halides is 9. The number of rotatable bonds is 4. The fourth-order valence-corrected chi connectivity index (χ4v) is 9.88. The van der Waals surface area contributed by atoms with E-state index in [9.17, 15) is 52.5 Å². The molecule has 0 bridgehead atoms. The van der Waals surface area contributed by atoms with Gasteiger partial charge in [0.1, 0.15) is 11.5 Å². The van der Waals surface area contributed by atoms with Crippen molar-refractivity contribution >= 4 is 17.8 Å². The number of sulfonamides is 1. The summed E-state index contributed by atoms with van der Waals surface area (Å²) in [5.41, 5.74) is -4.56. The summed E-state index contributed by atoms with van der Waals surface area (Å²) < 4.78 is 175. The Kier molecular flexibility index (Phi) is 8.77. The molecule has 17 heteroatoms. The van der Waals surface area contributed by atoms with Crippen LogP contribution in [0.5, 0.6) is 11.5 Å². The van der Waals surface area contributed by atoms with Crippen molar-refractivity contribution in [2.75, 3.05) is 0 Å². The molecule has 0 spiro atoms. The Bertz CT molecular complexity index is 2100. The molecule has 4 aromatic rings. The van der Waals surface area contributed by atoms with Crippen molar-refractivity contribution in [3.05, 3.63) is 94.0 Å². The molecule has 0 unspecified atom stereocenters. The van der Waals surface area contributed by atoms with Crippen LogP contribution in [-0.4, -0.2) is 13.9 Å². The predicted molar refractivity (Wildman–Crippen MR) is 173 cm³/mol. The molecule has 4 aromatic carbocycles. The van der Waals surface area contributed by atoms with Crippen molar-refractivity contribution in [3.8, 4) is 44.9 Å². The van der Waals surface area contributed by atoms with Crippen LogP contribution in [0, 0.1) is 0 Å². The molecular formula is C35H27F9NO5PS. The standard InChI is InChI=1S/C35H27F9NO5PS/c36-33(37,38)23-13-9-19(10-14-23)27-17-21-5-1-3-7-25(21)29-30-26-8-4-2-6-22(26)18-28(20-11-15-24(16-12-20)34(39,40)41)32(30)50-51(46,49-31(27)29)45-52(47,48)35(42,43)44/h9-18H,1-8H2,(H,45,46). The van der Waals surface area contributed by atoms with E-state index in [1.807, 2.05) is 0 Å². The first kappa shape index (κ1) is 36.4. The van der Waals surface area contributed by atoms with Crippen LogP contribution in [0.25, 0.3) is 33.4 Å². The van der Waals surface area contributed by atoms with E-state index in [-0.39, 0.29) is 44.9 Å². The van der Waals surface area contributed by atoms with Gasteiger partial charge in [-0.05, 0) is 121 Å². The Labute approximate surface area is 291 Å². The number of halogens is 9. The van der Waals surface area contributed by atoms with Crippen LogP contribution in [0.3, 0.4) is 0 Å². The zero-order valence-electron chi connectivity index (χ0n) is 26.7. The van der Waals surface area contributed by atoms with Crippen LogP contribution in [-0.2, 0) is 52.6 Å². The quantitative estimate of drug-likeness (QED) is 0.165. The maximum atomic E-state index is 14.6. The summed E-state index contributed by atoms with van der Waals surface area (Å²) in [6.45, 7) is 0. The number of aryl methyl sites for hydroxylation is 2. The fraction of sp³-hybridized carbons (Fsp3) is 0.314. The van der Waals surface area contributed by atoms with E-state index in [2.05, 4.69) is 0 Å². The Balaban J connectivity index is 1.58. The SMILES string of the molecule is O=P1(NS(=O)(=O)C(F)(F)F)Oc2c(-c3ccc(C(F)(F)F)cc3)cc3c(c2-c2c4c(cc(-c5ccc(C(F)(F)F)cc5)c2O1)CCCC4)CCCC3. The smallest absolute Gasteiger partial charge is 0.403 e. The Hall–Kier alpha value is -4.01. The van der Waals surface area contributed by atoms with Crippen molar-refractivity contribution in [1.29, 1.82) is 0 Å². The molecule has 0 saturated carbocycles. The molecule has 0 amide bonds. The number of hydrogen-bond acceptors (Lipinski definition) is 5. The molecule has 3 aliphatic rings. The molecule has 1 heterocycles. The fourth-order valence-electron chi connectivity index (χ4n) is 7.09. The van der Waals surface area contributed by atoms with Gasteiger partial charge in [0.25, 0.3) is 0 Å². The second kappa shape index (κ2) is 12.6. The Morgan fingerprint density at radius 3 is 1.29 bits per heavy atom. The van der Waals surface area contributed by atoms with Gasteiger partial charge in [-0.3, -0.25) is 0 Å². The normalized spacial score (nSPS) is 17.1. The topological polar surface area (TPSA) is 81.7 Å². The summed E-state index contributed by atoms with van der Waals surface area (Å²) in [5.74, 6) is -0.741. The van der Waals surface area contributed by atoms with Gasteiger partial charge >= 0.3 is 35.6 Å². The van der Waals surface area contributed by atoms with Gasteiger partial charge < -0.3 is 9.05 Å². The molecule has 52 heavy (non-hydrogen) atoms. The highest BCUT2D eigenvalue weighted by Crippen LogP contribution is 2.62. The molecule has 7 rings (SSSR count). The molecule has 276 valence electrons. The lowest BCUT2D eigenvalue weighted by molar-refractivity contribution is -0.138. The minimum Gasteiger partial charge on any atom is -0.403 e. The van der Waals surface area contributed by atoms with Gasteiger partial charge in [-0.1, -0.05) is 28.8 Å². The third kappa shape index (κ3) is 6.57. The van der Waals surface area contributed by atoms with Crippen molar-refractivity contribution in [1.82, 2.24) is 4.49 Å². The van der Waals surface area contributed by atoms with Gasteiger partial charge in [0.15, 0.2) is 0 Å². The van der Waals surface area contributed by atoms with Gasteiger partial charge in [0.2, 0.25) is 0 Å². The maximum absolute atomic E-state index is 14.6. The van der Waals surface area contributed by atoms with E-state index in [1.54, 1.807) is 12.1 Å². The first-order valence-electron chi connectivity index (χ1n) is 16.1. The van der Waals surface area contributed by atoms with Gasteiger partial charge in [-0.15, -0.1) is 0 Å². The summed E-state index contributed by atoms with van der Waals surface area (Å²) in [6.07, 6.45) is -4.90. The average Bonchev–Trinajstić information content (AvgIpc) is 3.20. The van der Waals surface area contributed by atoms with E-state index >= 15 is 0 Å². The summed E-state index contributed by atoms with van der Waals surface area (Å²) in [5, 5.41) is 0. The molecule has 0 radical (unpaired) electrons. The summed E-state index contributed by atoms with van der Waals surface area (Å²) in [4.78, 5) is 0. The zero-order valence-corrected chi connectivity index (χ0v) is 28.4. The van der Waals surface area contributed by atoms with Gasteiger partial charge in [-0.25, -0.2) is 13.0 Å². The molecule has 0 aromatic heterocycles. The molecule has 0 saturated heterocycles. The summed E-state index contributed by atoms with van der Waals surface area (Å²) in [6, 6.07) is 10.8. The van der Waals surface area contributed by atoms with Crippen molar-refractivity contribution in [2.24, 2.45) is 0 Å². The third-order valence-corrected chi connectivity index (χ3v) is 12.8. The first-order valence-corrected chi connectivity index (χ1v) is 19.1. The first-order chi connectivity index (χ1) is 24.3. The molecule has 0 fully saturated rings. The van der Waals surface area contributed by atoms with E-state index in [4.69, 9.17) is 9.05 Å². The van der Waals surface area contributed by atoms with E-state index < -0.39 is 46.8 Å². The number of hydrogen-bond donors (Lipinski definition) is 1. The van der Waals surface area contributed by atoms with Crippen molar-refractivity contribution in [3.63, 3.8) is 0 Å².